The second-order valence-electron chi connectivity index (χ2n) is 14.5. The number of nitrogens with zero attached hydrogens (tertiary/aromatic N) is 7. The van der Waals surface area contributed by atoms with Crippen LogP contribution in [-0.4, -0.2) is 29.5 Å². The second-order valence-corrected chi connectivity index (χ2v) is 14.5. The van der Waals surface area contributed by atoms with Crippen molar-refractivity contribution in [2.45, 2.75) is 0 Å². The first-order valence-corrected chi connectivity index (χ1v) is 19.3. The fourth-order valence-electron chi connectivity index (χ4n) is 8.70. The zero-order valence-corrected chi connectivity index (χ0v) is 31.0. The average Bonchev–Trinajstić information content (AvgIpc) is 3.64. The van der Waals surface area contributed by atoms with Gasteiger partial charge in [0, 0.05) is 56.3 Å². The molecule has 1 aliphatic heterocycles. The maximum absolute atomic E-state index is 5.46. The van der Waals surface area contributed by atoms with Crippen molar-refractivity contribution in [3.05, 3.63) is 188 Å². The molecule has 58 heavy (non-hydrogen) atoms. The summed E-state index contributed by atoms with van der Waals surface area (Å²) in [5.41, 5.74) is 12.2. The van der Waals surface area contributed by atoms with Crippen molar-refractivity contribution < 1.29 is 0 Å². The lowest BCUT2D eigenvalue weighted by Gasteiger charge is -2.33. The van der Waals surface area contributed by atoms with Crippen LogP contribution in [0.25, 0.3) is 94.3 Å². The van der Waals surface area contributed by atoms with Crippen molar-refractivity contribution in [1.82, 2.24) is 29.5 Å². The van der Waals surface area contributed by atoms with E-state index in [0.717, 1.165) is 88.7 Å². The Balaban J connectivity index is 1.11. The van der Waals surface area contributed by atoms with E-state index in [-0.39, 0.29) is 0 Å². The summed E-state index contributed by atoms with van der Waals surface area (Å²) in [4.78, 5) is 27.6. The Kier molecular flexibility index (Phi) is 7.09. The highest BCUT2D eigenvalue weighted by molar-refractivity contribution is 6.21. The topological polar surface area (TPSA) is 72.6 Å². The lowest BCUT2D eigenvalue weighted by molar-refractivity contribution is 1.02. The molecule has 0 bridgehead atoms. The number of aromatic nitrogens is 6. The maximum atomic E-state index is 5.46. The molecule has 0 unspecified atom stereocenters. The summed E-state index contributed by atoms with van der Waals surface area (Å²) in [6, 6.07) is 61.1. The highest BCUT2D eigenvalue weighted by Crippen LogP contribution is 2.53. The number of rotatable bonds is 5. The largest absolute Gasteiger partial charge is 0.309 e. The van der Waals surface area contributed by atoms with Crippen molar-refractivity contribution in [2.24, 2.45) is 0 Å². The first-order valence-electron chi connectivity index (χ1n) is 19.3. The quantitative estimate of drug-likeness (QED) is 0.164. The summed E-state index contributed by atoms with van der Waals surface area (Å²) < 4.78 is 2.32. The highest BCUT2D eigenvalue weighted by atomic mass is 15.3. The Bertz CT molecular complexity index is 3280. The Morgan fingerprint density at radius 1 is 0.414 bits per heavy atom. The monoisotopic (exact) mass is 741 g/mol. The van der Waals surface area contributed by atoms with Crippen LogP contribution < -0.4 is 4.90 Å². The van der Waals surface area contributed by atoms with Crippen LogP contribution in [0.4, 0.5) is 17.3 Å². The van der Waals surface area contributed by atoms with Crippen molar-refractivity contribution in [2.75, 3.05) is 4.90 Å². The van der Waals surface area contributed by atoms with Crippen LogP contribution in [0.3, 0.4) is 0 Å². The van der Waals surface area contributed by atoms with E-state index in [1.165, 1.54) is 5.39 Å². The lowest BCUT2D eigenvalue weighted by Crippen LogP contribution is -2.19. The standard InChI is InChI=1S/C51H31N7/c1-3-13-33(14-4-1)49-54-50(34-15-5-2-6-16-34)56-51(55-49)58-44-23-11-19-36(46(44)48-47-39(20-12-24-45(47)58)37-17-7-9-21-41(37)53-48)32-25-27-35(28-26-32)57-42-22-10-8-18-38(42)40-31-52-30-29-43(40)57/h1-31H. The van der Waals surface area contributed by atoms with Crippen LogP contribution in [0.1, 0.15) is 0 Å². The molecule has 0 N–H and O–H groups in total. The fraction of sp³-hybridized carbons (Fsp3) is 0. The maximum Gasteiger partial charge on any atom is 0.238 e. The minimum absolute atomic E-state index is 0.536. The Morgan fingerprint density at radius 2 is 1.05 bits per heavy atom. The molecule has 1 aliphatic rings. The number of anilines is 3. The Morgan fingerprint density at radius 3 is 1.83 bits per heavy atom. The van der Waals surface area contributed by atoms with Crippen molar-refractivity contribution >= 4 is 60.8 Å². The molecule has 0 spiro atoms. The molecular weight excluding hydrogens is 711 g/mol. The van der Waals surface area contributed by atoms with Gasteiger partial charge in [0.25, 0.3) is 0 Å². The van der Waals surface area contributed by atoms with E-state index in [9.17, 15) is 0 Å². The zero-order chi connectivity index (χ0) is 38.2. The molecule has 5 heterocycles. The molecule has 7 aromatic carbocycles. The summed E-state index contributed by atoms with van der Waals surface area (Å²) >= 11 is 0. The van der Waals surface area contributed by atoms with Gasteiger partial charge in [0.15, 0.2) is 11.6 Å². The molecule has 0 atom stereocenters. The van der Waals surface area contributed by atoms with E-state index >= 15 is 0 Å². The Labute approximate surface area is 333 Å². The first-order chi connectivity index (χ1) is 28.8. The highest BCUT2D eigenvalue weighted by Gasteiger charge is 2.32. The molecule has 12 rings (SSSR count). The summed E-state index contributed by atoms with van der Waals surface area (Å²) in [5.74, 6) is 1.75. The number of hydrogen-bond donors (Lipinski definition) is 0. The van der Waals surface area contributed by atoms with Crippen LogP contribution in [0.5, 0.6) is 0 Å². The molecule has 11 aromatic rings. The van der Waals surface area contributed by atoms with Crippen LogP contribution in [0.2, 0.25) is 0 Å². The number of hydrogen-bond acceptors (Lipinski definition) is 6. The van der Waals surface area contributed by atoms with E-state index in [0.29, 0.717) is 17.6 Å². The first kappa shape index (κ1) is 32.2. The van der Waals surface area contributed by atoms with Crippen molar-refractivity contribution in [1.29, 1.82) is 0 Å². The van der Waals surface area contributed by atoms with Crippen LogP contribution >= 0.6 is 0 Å². The van der Waals surface area contributed by atoms with Gasteiger partial charge in [0.05, 0.1) is 33.6 Å². The summed E-state index contributed by atoms with van der Waals surface area (Å²) in [7, 11) is 0. The molecule has 0 fully saturated rings. The number of pyridine rings is 2. The number of fused-ring (bicyclic) bond motifs is 7. The smallest absolute Gasteiger partial charge is 0.238 e. The Hall–Kier alpha value is -8.03. The van der Waals surface area contributed by atoms with E-state index in [1.807, 2.05) is 73.1 Å². The fourth-order valence-corrected chi connectivity index (χ4v) is 8.70. The predicted molar refractivity (Wildman–Crippen MR) is 235 cm³/mol. The van der Waals surface area contributed by atoms with Gasteiger partial charge < -0.3 is 4.57 Å². The number of para-hydroxylation sites is 2. The van der Waals surface area contributed by atoms with Gasteiger partial charge in [-0.05, 0) is 59.0 Å². The molecule has 0 saturated carbocycles. The molecule has 270 valence electrons. The zero-order valence-electron chi connectivity index (χ0n) is 31.0. The van der Waals surface area contributed by atoms with Crippen molar-refractivity contribution in [3.8, 4) is 50.8 Å². The van der Waals surface area contributed by atoms with Crippen LogP contribution in [-0.2, 0) is 0 Å². The van der Waals surface area contributed by atoms with Gasteiger partial charge in [-0.25, -0.2) is 9.97 Å². The summed E-state index contributed by atoms with van der Waals surface area (Å²) in [6.07, 6.45) is 3.82. The van der Waals surface area contributed by atoms with Crippen molar-refractivity contribution in [3.63, 3.8) is 0 Å². The summed E-state index contributed by atoms with van der Waals surface area (Å²) in [6.45, 7) is 0. The van der Waals surface area contributed by atoms with Gasteiger partial charge in [-0.2, -0.15) is 9.97 Å². The third-order valence-corrected chi connectivity index (χ3v) is 11.3. The molecular formula is C51H31N7. The van der Waals surface area contributed by atoms with Gasteiger partial charge >= 0.3 is 0 Å². The average molecular weight is 742 g/mol. The SMILES string of the molecule is c1ccc(-c2nc(-c3ccccc3)nc(N3c4cccc(-c5ccc(-n6c7ccccc7c7cnccc76)cc5)c4-c4nc5ccccc5c5cccc3c45)n2)cc1. The lowest BCUT2D eigenvalue weighted by atomic mass is 9.88. The summed E-state index contributed by atoms with van der Waals surface area (Å²) in [5, 5.41) is 5.59. The van der Waals surface area contributed by atoms with Crippen LogP contribution in [0.15, 0.2) is 188 Å². The van der Waals surface area contributed by atoms with Gasteiger partial charge in [-0.15, -0.1) is 0 Å². The normalized spacial score (nSPS) is 12.1. The minimum atomic E-state index is 0.536. The third-order valence-electron chi connectivity index (χ3n) is 11.3. The van der Waals surface area contributed by atoms with Gasteiger partial charge in [-0.1, -0.05) is 133 Å². The van der Waals surface area contributed by atoms with Gasteiger partial charge in [0.1, 0.15) is 0 Å². The molecule has 7 heteroatoms. The molecule has 0 amide bonds. The van der Waals surface area contributed by atoms with Crippen LogP contribution in [0, 0.1) is 0 Å². The minimum Gasteiger partial charge on any atom is -0.309 e. The molecule has 7 nitrogen and oxygen atoms in total. The van der Waals surface area contributed by atoms with E-state index in [1.54, 1.807) is 0 Å². The molecule has 0 aliphatic carbocycles. The van der Waals surface area contributed by atoms with Gasteiger partial charge in [-0.3, -0.25) is 9.88 Å². The second kappa shape index (κ2) is 12.8. The molecule has 0 saturated heterocycles. The van der Waals surface area contributed by atoms with E-state index in [4.69, 9.17) is 19.9 Å². The molecule has 0 radical (unpaired) electrons. The van der Waals surface area contributed by atoms with E-state index < -0.39 is 0 Å². The third kappa shape index (κ3) is 4.90. The molecule has 4 aromatic heterocycles. The van der Waals surface area contributed by atoms with E-state index in [2.05, 4.69) is 130 Å². The number of benzene rings is 7. The van der Waals surface area contributed by atoms with Gasteiger partial charge in [0.2, 0.25) is 5.95 Å². The predicted octanol–water partition coefficient (Wildman–Crippen LogP) is 12.5.